The highest BCUT2D eigenvalue weighted by Gasteiger charge is 2.17. The molecule has 0 saturated carbocycles. The first-order valence-electron chi connectivity index (χ1n) is 2.90. The molecule has 0 aliphatic heterocycles. The Kier molecular flexibility index (Phi) is 2.42. The van der Waals surface area contributed by atoms with Crippen molar-refractivity contribution in [2.75, 3.05) is 0 Å². The van der Waals surface area contributed by atoms with Crippen LogP contribution in [0.3, 0.4) is 0 Å². The van der Waals surface area contributed by atoms with Gasteiger partial charge in [0, 0.05) is 5.56 Å². The second-order valence-corrected chi connectivity index (χ2v) is 3.92. The Hall–Kier alpha value is -0.390. The van der Waals surface area contributed by atoms with Gasteiger partial charge in [0.15, 0.2) is 0 Å². The van der Waals surface area contributed by atoms with Gasteiger partial charge in [-0.05, 0) is 17.6 Å². The van der Waals surface area contributed by atoms with Crippen LogP contribution in [-0.4, -0.2) is 0 Å². The van der Waals surface area contributed by atoms with Crippen molar-refractivity contribution in [2.45, 2.75) is 6.92 Å². The predicted octanol–water partition coefficient (Wildman–Crippen LogP) is 2.60. The van der Waals surface area contributed by atoms with E-state index in [4.69, 9.17) is 11.2 Å². The zero-order valence-corrected chi connectivity index (χ0v) is 7.19. The Balaban J connectivity index is 3.15. The molecule has 1 aromatic carbocycles. The standard InChI is InChI=1S/C7H7ClOP/c1-6-4-2-3-5-7(6)10(8)9/h2-5H,1H3/q+1. The number of hydrogen-bond acceptors (Lipinski definition) is 1. The Morgan fingerprint density at radius 3 is 2.40 bits per heavy atom. The number of aryl methyl sites for hydroxylation is 1. The lowest BCUT2D eigenvalue weighted by Crippen LogP contribution is -1.97. The van der Waals surface area contributed by atoms with Gasteiger partial charge in [-0.2, -0.15) is 0 Å². The fourth-order valence-electron chi connectivity index (χ4n) is 0.761. The number of rotatable bonds is 1. The fourth-order valence-corrected chi connectivity index (χ4v) is 1.88. The van der Waals surface area contributed by atoms with Gasteiger partial charge in [-0.25, -0.2) is 0 Å². The second kappa shape index (κ2) is 3.14. The van der Waals surface area contributed by atoms with E-state index in [1.807, 2.05) is 25.1 Å². The summed E-state index contributed by atoms with van der Waals surface area (Å²) < 4.78 is 10.8. The minimum Gasteiger partial charge on any atom is -0.0617 e. The van der Waals surface area contributed by atoms with Crippen molar-refractivity contribution in [3.63, 3.8) is 0 Å². The van der Waals surface area contributed by atoms with Crippen LogP contribution >= 0.6 is 18.4 Å². The molecule has 0 aromatic heterocycles. The molecule has 0 N–H and O–H groups in total. The minimum absolute atomic E-state index is 0.735. The maximum atomic E-state index is 10.8. The maximum Gasteiger partial charge on any atom is 0.494 e. The molecule has 0 heterocycles. The second-order valence-electron chi connectivity index (χ2n) is 2.03. The molecule has 0 amide bonds. The van der Waals surface area contributed by atoms with Crippen LogP contribution < -0.4 is 5.30 Å². The van der Waals surface area contributed by atoms with E-state index in [0.717, 1.165) is 10.9 Å². The molecule has 1 nitrogen and oxygen atoms in total. The van der Waals surface area contributed by atoms with Gasteiger partial charge in [0.05, 0.1) is 0 Å². The van der Waals surface area contributed by atoms with Crippen LogP contribution in [0.2, 0.25) is 0 Å². The van der Waals surface area contributed by atoms with Gasteiger partial charge >= 0.3 is 7.15 Å². The van der Waals surface area contributed by atoms with Crippen LogP contribution in [0, 0.1) is 6.92 Å². The highest BCUT2D eigenvalue weighted by molar-refractivity contribution is 7.80. The van der Waals surface area contributed by atoms with Crippen molar-refractivity contribution in [2.24, 2.45) is 0 Å². The van der Waals surface area contributed by atoms with Crippen molar-refractivity contribution in [1.29, 1.82) is 0 Å². The third-order valence-corrected chi connectivity index (χ3v) is 2.73. The SMILES string of the molecule is Cc1ccccc1[P+](=O)Cl. The molecular weight excluding hydrogens is 167 g/mol. The highest BCUT2D eigenvalue weighted by atomic mass is 35.7. The molecule has 0 saturated heterocycles. The Morgan fingerprint density at radius 2 is 2.00 bits per heavy atom. The molecule has 52 valence electrons. The average molecular weight is 174 g/mol. The third-order valence-electron chi connectivity index (χ3n) is 1.30. The zero-order chi connectivity index (χ0) is 7.56. The van der Waals surface area contributed by atoms with Gasteiger partial charge < -0.3 is 0 Å². The van der Waals surface area contributed by atoms with Crippen molar-refractivity contribution in [3.05, 3.63) is 29.8 Å². The Morgan fingerprint density at radius 1 is 1.40 bits per heavy atom. The molecule has 3 heteroatoms. The Bertz CT molecular complexity index is 260. The molecule has 0 radical (unpaired) electrons. The summed E-state index contributed by atoms with van der Waals surface area (Å²) in [5.74, 6) is 0. The van der Waals surface area contributed by atoms with Gasteiger partial charge in [-0.15, -0.1) is 0 Å². The normalized spacial score (nSPS) is 11.2. The number of hydrogen-bond donors (Lipinski definition) is 0. The van der Waals surface area contributed by atoms with Crippen LogP contribution in [-0.2, 0) is 4.57 Å². The van der Waals surface area contributed by atoms with E-state index in [1.165, 1.54) is 0 Å². The lowest BCUT2D eigenvalue weighted by atomic mass is 10.2. The topological polar surface area (TPSA) is 17.1 Å². The fraction of sp³-hybridized carbons (Fsp3) is 0.143. The maximum absolute atomic E-state index is 10.8. The molecule has 0 spiro atoms. The van der Waals surface area contributed by atoms with E-state index >= 15 is 0 Å². The minimum atomic E-state index is -1.69. The molecule has 1 rings (SSSR count). The summed E-state index contributed by atoms with van der Waals surface area (Å²) in [7, 11) is -1.69. The molecule has 10 heavy (non-hydrogen) atoms. The first kappa shape index (κ1) is 7.71. The van der Waals surface area contributed by atoms with Crippen molar-refractivity contribution in [1.82, 2.24) is 0 Å². The van der Waals surface area contributed by atoms with Crippen molar-refractivity contribution in [3.8, 4) is 0 Å². The predicted molar refractivity (Wildman–Crippen MR) is 44.3 cm³/mol. The molecule has 1 aromatic rings. The molecule has 1 unspecified atom stereocenters. The van der Waals surface area contributed by atoms with Gasteiger partial charge in [0.25, 0.3) is 0 Å². The van der Waals surface area contributed by atoms with Gasteiger partial charge in [0.2, 0.25) is 16.5 Å². The summed E-state index contributed by atoms with van der Waals surface area (Å²) in [6.07, 6.45) is 0. The highest BCUT2D eigenvalue weighted by Crippen LogP contribution is 2.26. The quantitative estimate of drug-likeness (QED) is 0.597. The van der Waals surface area contributed by atoms with E-state index in [-0.39, 0.29) is 0 Å². The van der Waals surface area contributed by atoms with E-state index in [9.17, 15) is 4.57 Å². The summed E-state index contributed by atoms with van der Waals surface area (Å²) >= 11 is 5.42. The molecule has 1 atom stereocenters. The molecule has 0 aliphatic rings. The van der Waals surface area contributed by atoms with Crippen LogP contribution in [0.4, 0.5) is 0 Å². The average Bonchev–Trinajstić information content (AvgIpc) is 1.88. The summed E-state index contributed by atoms with van der Waals surface area (Å²) in [5.41, 5.74) is 0.985. The summed E-state index contributed by atoms with van der Waals surface area (Å²) in [5, 5.41) is 0.735. The summed E-state index contributed by atoms with van der Waals surface area (Å²) in [4.78, 5) is 0. The van der Waals surface area contributed by atoms with E-state index in [0.29, 0.717) is 0 Å². The van der Waals surface area contributed by atoms with Gasteiger partial charge in [0.1, 0.15) is 0 Å². The van der Waals surface area contributed by atoms with Crippen molar-refractivity contribution >= 4 is 23.7 Å². The van der Waals surface area contributed by atoms with Gasteiger partial charge in [-0.3, -0.25) is 0 Å². The molecule has 0 bridgehead atoms. The first-order chi connectivity index (χ1) is 4.72. The third kappa shape index (κ3) is 1.56. The zero-order valence-electron chi connectivity index (χ0n) is 5.54. The number of halogens is 1. The molecule has 0 aliphatic carbocycles. The Labute approximate surface area is 65.6 Å². The van der Waals surface area contributed by atoms with Crippen LogP contribution in [0.25, 0.3) is 0 Å². The number of benzene rings is 1. The lowest BCUT2D eigenvalue weighted by Gasteiger charge is -1.87. The van der Waals surface area contributed by atoms with Crippen LogP contribution in [0.1, 0.15) is 5.56 Å². The van der Waals surface area contributed by atoms with Gasteiger partial charge in [-0.1, -0.05) is 18.2 Å². The van der Waals surface area contributed by atoms with Crippen LogP contribution in [0.15, 0.2) is 24.3 Å². The van der Waals surface area contributed by atoms with E-state index in [2.05, 4.69) is 0 Å². The lowest BCUT2D eigenvalue weighted by molar-refractivity contribution is 0.600. The molecule has 0 fully saturated rings. The van der Waals surface area contributed by atoms with E-state index in [1.54, 1.807) is 6.07 Å². The monoisotopic (exact) mass is 173 g/mol. The van der Waals surface area contributed by atoms with Crippen LogP contribution in [0.5, 0.6) is 0 Å². The molecular formula is C7H7ClOP+. The largest absolute Gasteiger partial charge is 0.494 e. The summed E-state index contributed by atoms with van der Waals surface area (Å²) in [6, 6.07) is 7.40. The summed E-state index contributed by atoms with van der Waals surface area (Å²) in [6.45, 7) is 1.89. The smallest absolute Gasteiger partial charge is 0.0617 e. The van der Waals surface area contributed by atoms with E-state index < -0.39 is 7.15 Å². The van der Waals surface area contributed by atoms with Crippen molar-refractivity contribution < 1.29 is 4.57 Å². The first-order valence-corrected chi connectivity index (χ1v) is 5.07.